The maximum Gasteiger partial charge on any atom is 0.191 e. The van der Waals surface area contributed by atoms with Crippen LogP contribution in [0.5, 0.6) is 0 Å². The van der Waals surface area contributed by atoms with Crippen LogP contribution in [-0.4, -0.2) is 48.6 Å². The lowest BCUT2D eigenvalue weighted by atomic mass is 10.1. The quantitative estimate of drug-likeness (QED) is 0.205. The second-order valence-corrected chi connectivity index (χ2v) is 6.54. The normalized spacial score (nSPS) is 16.2. The number of ether oxygens (including phenoxy) is 1. The van der Waals surface area contributed by atoms with Crippen LogP contribution >= 0.6 is 24.0 Å². The SMILES string of the molecule is CN=C(NCCCn1cc(C)cn1)NCCOC1CCCCCC1.I. The molecule has 2 N–H and O–H groups in total. The molecule has 0 spiro atoms. The molecular weight excluding hydrogens is 429 g/mol. The molecule has 0 unspecified atom stereocenters. The van der Waals surface area contributed by atoms with Gasteiger partial charge in [-0.25, -0.2) is 0 Å². The van der Waals surface area contributed by atoms with Gasteiger partial charge in [0.1, 0.15) is 0 Å². The van der Waals surface area contributed by atoms with Crippen LogP contribution in [0.15, 0.2) is 17.4 Å². The van der Waals surface area contributed by atoms with E-state index in [0.29, 0.717) is 6.10 Å². The van der Waals surface area contributed by atoms with Crippen LogP contribution in [0.3, 0.4) is 0 Å². The summed E-state index contributed by atoms with van der Waals surface area (Å²) in [7, 11) is 1.80. The van der Waals surface area contributed by atoms with Gasteiger partial charge in [0.05, 0.1) is 18.9 Å². The van der Waals surface area contributed by atoms with E-state index in [1.807, 2.05) is 10.9 Å². The molecule has 0 bridgehead atoms. The lowest BCUT2D eigenvalue weighted by molar-refractivity contribution is 0.0468. The third-order valence-electron chi connectivity index (χ3n) is 4.39. The Kier molecular flexibility index (Phi) is 11.9. The summed E-state index contributed by atoms with van der Waals surface area (Å²) in [6.45, 7) is 5.40. The summed E-state index contributed by atoms with van der Waals surface area (Å²) in [5.41, 5.74) is 1.20. The van der Waals surface area contributed by atoms with Crippen LogP contribution < -0.4 is 10.6 Å². The smallest absolute Gasteiger partial charge is 0.191 e. The minimum atomic E-state index is 0. The van der Waals surface area contributed by atoms with Gasteiger partial charge in [-0.05, 0) is 31.7 Å². The molecule has 0 saturated heterocycles. The van der Waals surface area contributed by atoms with Crippen LogP contribution in [0, 0.1) is 6.92 Å². The largest absolute Gasteiger partial charge is 0.376 e. The average molecular weight is 463 g/mol. The molecular formula is C18H34IN5O. The highest BCUT2D eigenvalue weighted by Gasteiger charge is 2.12. The molecule has 144 valence electrons. The molecule has 1 saturated carbocycles. The van der Waals surface area contributed by atoms with E-state index in [1.165, 1.54) is 44.1 Å². The minimum Gasteiger partial charge on any atom is -0.376 e. The molecule has 25 heavy (non-hydrogen) atoms. The van der Waals surface area contributed by atoms with E-state index in [1.54, 1.807) is 7.05 Å². The number of aromatic nitrogens is 2. The standard InChI is InChI=1S/C18H33N5O.HI/c1-16-14-22-23(15-16)12-7-10-20-18(19-2)21-11-13-24-17-8-5-3-4-6-9-17;/h14-15,17H,3-13H2,1-2H3,(H2,19,20,21);1H. The zero-order valence-corrected chi connectivity index (χ0v) is 18.0. The van der Waals surface area contributed by atoms with Gasteiger partial charge in [-0.3, -0.25) is 9.67 Å². The van der Waals surface area contributed by atoms with Gasteiger partial charge in [0.25, 0.3) is 0 Å². The monoisotopic (exact) mass is 463 g/mol. The Balaban J connectivity index is 0.00000312. The van der Waals surface area contributed by atoms with Crippen molar-refractivity contribution in [1.29, 1.82) is 0 Å². The number of nitrogens with zero attached hydrogens (tertiary/aromatic N) is 3. The predicted molar refractivity (Wildman–Crippen MR) is 114 cm³/mol. The van der Waals surface area contributed by atoms with E-state index in [0.717, 1.165) is 38.6 Å². The van der Waals surface area contributed by atoms with Gasteiger partial charge in [-0.15, -0.1) is 24.0 Å². The zero-order chi connectivity index (χ0) is 17.0. The number of nitrogens with one attached hydrogen (secondary N) is 2. The fourth-order valence-corrected chi connectivity index (χ4v) is 3.06. The van der Waals surface area contributed by atoms with Crippen LogP contribution in [0.2, 0.25) is 0 Å². The molecule has 7 heteroatoms. The first-order chi connectivity index (χ1) is 11.8. The highest BCUT2D eigenvalue weighted by molar-refractivity contribution is 14.0. The number of hydrogen-bond donors (Lipinski definition) is 2. The molecule has 1 aliphatic carbocycles. The average Bonchev–Trinajstić information content (AvgIpc) is 2.84. The molecule has 1 fully saturated rings. The first kappa shape index (κ1) is 22.2. The van der Waals surface area contributed by atoms with Gasteiger partial charge in [0.2, 0.25) is 0 Å². The van der Waals surface area contributed by atoms with Gasteiger partial charge >= 0.3 is 0 Å². The Labute approximate surface area is 169 Å². The lowest BCUT2D eigenvalue weighted by Crippen LogP contribution is -2.39. The van der Waals surface area contributed by atoms with E-state index < -0.39 is 0 Å². The molecule has 1 aromatic rings. The Bertz CT molecular complexity index is 484. The van der Waals surface area contributed by atoms with Crippen molar-refractivity contribution in [2.75, 3.05) is 26.7 Å². The van der Waals surface area contributed by atoms with Crippen molar-refractivity contribution in [3.05, 3.63) is 18.0 Å². The number of halogens is 1. The Morgan fingerprint density at radius 3 is 2.60 bits per heavy atom. The first-order valence-corrected chi connectivity index (χ1v) is 9.33. The maximum absolute atomic E-state index is 5.99. The second kappa shape index (κ2) is 13.4. The Morgan fingerprint density at radius 2 is 1.96 bits per heavy atom. The molecule has 0 aromatic carbocycles. The molecule has 1 aliphatic rings. The van der Waals surface area contributed by atoms with Crippen molar-refractivity contribution >= 4 is 29.9 Å². The van der Waals surface area contributed by atoms with Crippen molar-refractivity contribution < 1.29 is 4.74 Å². The van der Waals surface area contributed by atoms with Gasteiger partial charge < -0.3 is 15.4 Å². The maximum atomic E-state index is 5.99. The van der Waals surface area contributed by atoms with Crippen LogP contribution in [0.1, 0.15) is 50.5 Å². The molecule has 6 nitrogen and oxygen atoms in total. The van der Waals surface area contributed by atoms with E-state index in [4.69, 9.17) is 4.74 Å². The number of guanidine groups is 1. The van der Waals surface area contributed by atoms with Crippen molar-refractivity contribution in [1.82, 2.24) is 20.4 Å². The van der Waals surface area contributed by atoms with Crippen LogP contribution in [0.4, 0.5) is 0 Å². The van der Waals surface area contributed by atoms with Crippen molar-refractivity contribution in [3.8, 4) is 0 Å². The molecule has 2 rings (SSSR count). The summed E-state index contributed by atoms with van der Waals surface area (Å²) >= 11 is 0. The molecule has 0 atom stereocenters. The molecule has 0 radical (unpaired) electrons. The topological polar surface area (TPSA) is 63.5 Å². The van der Waals surface area contributed by atoms with Gasteiger partial charge in [-0.1, -0.05) is 25.7 Å². The number of hydrogen-bond acceptors (Lipinski definition) is 3. The second-order valence-electron chi connectivity index (χ2n) is 6.54. The number of rotatable bonds is 8. The first-order valence-electron chi connectivity index (χ1n) is 9.33. The summed E-state index contributed by atoms with van der Waals surface area (Å²) in [4.78, 5) is 4.25. The number of aliphatic imine (C=N–C) groups is 1. The lowest BCUT2D eigenvalue weighted by Gasteiger charge is -2.16. The fraction of sp³-hybridized carbons (Fsp3) is 0.778. The van der Waals surface area contributed by atoms with Crippen LogP contribution in [0.25, 0.3) is 0 Å². The van der Waals surface area contributed by atoms with Gasteiger partial charge in [-0.2, -0.15) is 5.10 Å². The van der Waals surface area contributed by atoms with Gasteiger partial charge in [0.15, 0.2) is 5.96 Å². The predicted octanol–water partition coefficient (Wildman–Crippen LogP) is 3.10. The molecule has 1 heterocycles. The minimum absolute atomic E-state index is 0. The third kappa shape index (κ3) is 9.44. The van der Waals surface area contributed by atoms with E-state index in [-0.39, 0.29) is 24.0 Å². The summed E-state index contributed by atoms with van der Waals surface area (Å²) in [5.74, 6) is 0.844. The van der Waals surface area contributed by atoms with Gasteiger partial charge in [0, 0.05) is 32.9 Å². The highest BCUT2D eigenvalue weighted by Crippen LogP contribution is 2.19. The summed E-state index contributed by atoms with van der Waals surface area (Å²) in [6, 6.07) is 0. The number of aryl methyl sites for hydroxylation is 2. The van der Waals surface area contributed by atoms with E-state index in [9.17, 15) is 0 Å². The molecule has 1 aromatic heterocycles. The van der Waals surface area contributed by atoms with Crippen LogP contribution in [-0.2, 0) is 11.3 Å². The van der Waals surface area contributed by atoms with E-state index in [2.05, 4.69) is 33.8 Å². The third-order valence-corrected chi connectivity index (χ3v) is 4.39. The summed E-state index contributed by atoms with van der Waals surface area (Å²) in [6.07, 6.45) is 13.2. The Morgan fingerprint density at radius 1 is 1.24 bits per heavy atom. The van der Waals surface area contributed by atoms with Crippen molar-refractivity contribution in [3.63, 3.8) is 0 Å². The molecule has 0 aliphatic heterocycles. The van der Waals surface area contributed by atoms with E-state index >= 15 is 0 Å². The Hall–Kier alpha value is -0.830. The van der Waals surface area contributed by atoms with Crippen molar-refractivity contribution in [2.24, 2.45) is 4.99 Å². The van der Waals surface area contributed by atoms with Crippen molar-refractivity contribution in [2.45, 2.75) is 64.5 Å². The summed E-state index contributed by atoms with van der Waals surface area (Å²) in [5, 5.41) is 10.9. The highest BCUT2D eigenvalue weighted by atomic mass is 127. The summed E-state index contributed by atoms with van der Waals surface area (Å²) < 4.78 is 7.97. The fourth-order valence-electron chi connectivity index (χ4n) is 3.06. The molecule has 0 amide bonds. The zero-order valence-electron chi connectivity index (χ0n) is 15.7.